The van der Waals surface area contributed by atoms with Crippen LogP contribution in [0.2, 0.25) is 0 Å². The molecule has 1 aliphatic rings. The average molecular weight is 306 g/mol. The Balaban J connectivity index is 1.55. The Morgan fingerprint density at radius 1 is 1.41 bits per heavy atom. The molecular formula is C14H18N4O4. The van der Waals surface area contributed by atoms with Gasteiger partial charge in [0.05, 0.1) is 0 Å². The summed E-state index contributed by atoms with van der Waals surface area (Å²) < 4.78 is 15.2. The van der Waals surface area contributed by atoms with E-state index in [0.29, 0.717) is 36.4 Å². The fourth-order valence-corrected chi connectivity index (χ4v) is 2.53. The topological polar surface area (TPSA) is 94.5 Å². The van der Waals surface area contributed by atoms with E-state index >= 15 is 0 Å². The lowest BCUT2D eigenvalue weighted by atomic mass is 9.97. The Bertz CT molecular complexity index is 651. The summed E-state index contributed by atoms with van der Waals surface area (Å²) in [6.07, 6.45) is 1.86. The van der Waals surface area contributed by atoms with Crippen molar-refractivity contribution in [2.24, 2.45) is 0 Å². The molecule has 2 aromatic rings. The fraction of sp³-hybridized carbons (Fsp3) is 0.571. The lowest BCUT2D eigenvalue weighted by Gasteiger charge is -2.31. The summed E-state index contributed by atoms with van der Waals surface area (Å²) in [5.41, 5.74) is 0. The van der Waals surface area contributed by atoms with Gasteiger partial charge in [-0.1, -0.05) is 5.16 Å². The Labute approximate surface area is 127 Å². The van der Waals surface area contributed by atoms with Crippen LogP contribution in [0, 0.1) is 13.8 Å². The van der Waals surface area contributed by atoms with Crippen LogP contribution in [0.5, 0.6) is 5.88 Å². The second kappa shape index (κ2) is 6.17. The van der Waals surface area contributed by atoms with Gasteiger partial charge in [0.2, 0.25) is 5.89 Å². The van der Waals surface area contributed by atoms with Gasteiger partial charge >= 0.3 is 0 Å². The quantitative estimate of drug-likeness (QED) is 0.843. The summed E-state index contributed by atoms with van der Waals surface area (Å²) in [5.74, 6) is 2.22. The van der Waals surface area contributed by atoms with Crippen molar-refractivity contribution in [2.45, 2.75) is 32.6 Å². The van der Waals surface area contributed by atoms with E-state index in [1.165, 1.54) is 0 Å². The minimum Gasteiger partial charge on any atom is -0.465 e. The number of carbonyl (C=O) groups excluding carboxylic acids is 1. The van der Waals surface area contributed by atoms with E-state index in [9.17, 15) is 4.79 Å². The molecule has 118 valence electrons. The first-order valence-electron chi connectivity index (χ1n) is 7.26. The normalized spacial score (nSPS) is 18.5. The Morgan fingerprint density at radius 3 is 2.95 bits per heavy atom. The van der Waals surface area contributed by atoms with E-state index in [1.807, 2.05) is 0 Å². The van der Waals surface area contributed by atoms with Gasteiger partial charge < -0.3 is 18.7 Å². The smallest absolute Gasteiger partial charge is 0.260 e. The number of rotatable bonds is 4. The van der Waals surface area contributed by atoms with E-state index < -0.39 is 0 Å². The van der Waals surface area contributed by atoms with Gasteiger partial charge in [0, 0.05) is 32.0 Å². The molecule has 1 atom stereocenters. The second-order valence-electron chi connectivity index (χ2n) is 5.41. The van der Waals surface area contributed by atoms with Crippen LogP contribution in [0.4, 0.5) is 0 Å². The van der Waals surface area contributed by atoms with Crippen LogP contribution >= 0.6 is 0 Å². The molecule has 0 N–H and O–H groups in total. The summed E-state index contributed by atoms with van der Waals surface area (Å²) >= 11 is 0. The molecule has 0 aromatic carbocycles. The van der Waals surface area contributed by atoms with Crippen LogP contribution in [-0.4, -0.2) is 45.8 Å². The Kier molecular flexibility index (Phi) is 4.08. The van der Waals surface area contributed by atoms with Crippen LogP contribution in [-0.2, 0) is 4.79 Å². The third-order valence-corrected chi connectivity index (χ3v) is 3.63. The Hall–Kier alpha value is -2.38. The maximum Gasteiger partial charge on any atom is 0.260 e. The SMILES string of the molecule is Cc1cc(OCC(=O)N2CCC[C@H](c3noc(C)n3)C2)no1. The maximum atomic E-state index is 12.2. The molecule has 3 rings (SSSR count). The highest BCUT2D eigenvalue weighted by Crippen LogP contribution is 2.25. The molecule has 0 unspecified atom stereocenters. The van der Waals surface area contributed by atoms with Gasteiger partial charge in [-0.15, -0.1) is 0 Å². The molecule has 1 aliphatic heterocycles. The van der Waals surface area contributed by atoms with Crippen LogP contribution in [0.3, 0.4) is 0 Å². The predicted octanol–water partition coefficient (Wildman–Crippen LogP) is 1.46. The number of ether oxygens (including phenoxy) is 1. The van der Waals surface area contributed by atoms with Crippen LogP contribution in [0.1, 0.15) is 36.2 Å². The third kappa shape index (κ3) is 3.26. The first-order chi connectivity index (χ1) is 10.6. The summed E-state index contributed by atoms with van der Waals surface area (Å²) in [5, 5.41) is 7.65. The lowest BCUT2D eigenvalue weighted by Crippen LogP contribution is -2.41. The molecule has 1 saturated heterocycles. The van der Waals surface area contributed by atoms with Crippen LogP contribution in [0.15, 0.2) is 15.1 Å². The number of aromatic nitrogens is 3. The van der Waals surface area contributed by atoms with Crippen molar-refractivity contribution in [3.8, 4) is 5.88 Å². The standard InChI is InChI=1S/C14H18N4O4/c1-9-6-12(16-21-9)20-8-13(19)18-5-3-4-11(7-18)14-15-10(2)22-17-14/h6,11H,3-5,7-8H2,1-2H3/t11-/m0/s1. The number of likely N-dealkylation sites (tertiary alicyclic amines) is 1. The first kappa shape index (κ1) is 14.6. The number of hydrogen-bond acceptors (Lipinski definition) is 7. The highest BCUT2D eigenvalue weighted by atomic mass is 16.5. The number of amides is 1. The fourth-order valence-electron chi connectivity index (χ4n) is 2.53. The molecule has 0 spiro atoms. The monoisotopic (exact) mass is 306 g/mol. The van der Waals surface area contributed by atoms with Gasteiger partial charge in [-0.25, -0.2) is 0 Å². The van der Waals surface area contributed by atoms with E-state index in [0.717, 1.165) is 12.8 Å². The second-order valence-corrected chi connectivity index (χ2v) is 5.41. The minimum absolute atomic E-state index is 0.0516. The van der Waals surface area contributed by atoms with Crippen molar-refractivity contribution < 1.29 is 18.6 Å². The zero-order valence-electron chi connectivity index (χ0n) is 12.6. The van der Waals surface area contributed by atoms with Crippen LogP contribution < -0.4 is 4.74 Å². The highest BCUT2D eigenvalue weighted by Gasteiger charge is 2.28. The molecule has 22 heavy (non-hydrogen) atoms. The molecule has 0 bridgehead atoms. The number of aryl methyl sites for hydroxylation is 2. The molecule has 1 amide bonds. The third-order valence-electron chi connectivity index (χ3n) is 3.63. The number of carbonyl (C=O) groups is 1. The molecule has 8 heteroatoms. The molecule has 0 aliphatic carbocycles. The van der Waals surface area contributed by atoms with E-state index in [4.69, 9.17) is 13.8 Å². The van der Waals surface area contributed by atoms with Gasteiger partial charge in [0.15, 0.2) is 12.4 Å². The zero-order chi connectivity index (χ0) is 15.5. The van der Waals surface area contributed by atoms with E-state index in [-0.39, 0.29) is 18.4 Å². The lowest BCUT2D eigenvalue weighted by molar-refractivity contribution is -0.134. The van der Waals surface area contributed by atoms with Gasteiger partial charge in [-0.3, -0.25) is 4.79 Å². The van der Waals surface area contributed by atoms with Crippen molar-refractivity contribution in [3.63, 3.8) is 0 Å². The molecule has 2 aromatic heterocycles. The van der Waals surface area contributed by atoms with Gasteiger partial charge in [-0.2, -0.15) is 4.98 Å². The number of nitrogens with zero attached hydrogens (tertiary/aromatic N) is 4. The zero-order valence-corrected chi connectivity index (χ0v) is 12.6. The number of hydrogen-bond donors (Lipinski definition) is 0. The van der Waals surface area contributed by atoms with Crippen molar-refractivity contribution >= 4 is 5.91 Å². The van der Waals surface area contributed by atoms with Crippen LogP contribution in [0.25, 0.3) is 0 Å². The summed E-state index contributed by atoms with van der Waals surface area (Å²) in [4.78, 5) is 18.3. The molecule has 0 saturated carbocycles. The average Bonchev–Trinajstić information content (AvgIpc) is 3.13. The summed E-state index contributed by atoms with van der Waals surface area (Å²) in [7, 11) is 0. The summed E-state index contributed by atoms with van der Waals surface area (Å²) in [6.45, 7) is 4.77. The predicted molar refractivity (Wildman–Crippen MR) is 74.3 cm³/mol. The van der Waals surface area contributed by atoms with Gasteiger partial charge in [0.1, 0.15) is 5.76 Å². The first-order valence-corrected chi connectivity index (χ1v) is 7.26. The van der Waals surface area contributed by atoms with Crippen molar-refractivity contribution in [2.75, 3.05) is 19.7 Å². The van der Waals surface area contributed by atoms with E-state index in [1.54, 1.807) is 24.8 Å². The minimum atomic E-state index is -0.0782. The summed E-state index contributed by atoms with van der Waals surface area (Å²) in [6, 6.07) is 1.65. The van der Waals surface area contributed by atoms with E-state index in [2.05, 4.69) is 15.3 Å². The molecule has 1 fully saturated rings. The molecule has 0 radical (unpaired) electrons. The Morgan fingerprint density at radius 2 is 2.27 bits per heavy atom. The maximum absolute atomic E-state index is 12.2. The van der Waals surface area contributed by atoms with Gasteiger partial charge in [0.25, 0.3) is 11.8 Å². The van der Waals surface area contributed by atoms with Crippen molar-refractivity contribution in [1.82, 2.24) is 20.2 Å². The van der Waals surface area contributed by atoms with Crippen molar-refractivity contribution in [1.29, 1.82) is 0 Å². The van der Waals surface area contributed by atoms with Crippen molar-refractivity contribution in [3.05, 3.63) is 23.5 Å². The highest BCUT2D eigenvalue weighted by molar-refractivity contribution is 5.77. The van der Waals surface area contributed by atoms with Gasteiger partial charge in [-0.05, 0) is 24.9 Å². The molecule has 8 nitrogen and oxygen atoms in total. The molecular weight excluding hydrogens is 288 g/mol. The molecule has 3 heterocycles. The number of piperidine rings is 1. The largest absolute Gasteiger partial charge is 0.465 e.